The van der Waals surface area contributed by atoms with Gasteiger partial charge < -0.3 is 28.5 Å². The van der Waals surface area contributed by atoms with E-state index in [1.165, 1.54) is 128 Å². The zero-order chi connectivity index (χ0) is 44.9. The number of carbonyl (C=O) groups is 3. The Morgan fingerprint density at radius 3 is 1.34 bits per heavy atom. The molecule has 0 heterocycles. The van der Waals surface area contributed by atoms with Gasteiger partial charge in [0.25, 0.3) is 6.29 Å². The number of carboxylic acid groups (broad SMARTS) is 1. The Labute approximate surface area is 375 Å². The lowest BCUT2D eigenvalue weighted by Crippen LogP contribution is -2.40. The second-order valence-corrected chi connectivity index (χ2v) is 18.1. The molecule has 0 saturated heterocycles. The summed E-state index contributed by atoms with van der Waals surface area (Å²) in [5.74, 6) is -2.02. The first-order chi connectivity index (χ1) is 29.6. The lowest BCUT2D eigenvalue weighted by molar-refractivity contribution is -0.870. The molecule has 0 aliphatic rings. The third-order valence-electron chi connectivity index (χ3n) is 10.9. The van der Waals surface area contributed by atoms with E-state index in [-0.39, 0.29) is 32.2 Å². The number of allylic oxidation sites excluding steroid dienone is 6. The van der Waals surface area contributed by atoms with Crippen molar-refractivity contribution in [3.8, 4) is 0 Å². The van der Waals surface area contributed by atoms with Crippen LogP contribution in [-0.2, 0) is 33.3 Å². The third kappa shape index (κ3) is 45.4. The maximum absolute atomic E-state index is 12.8. The number of unbranched alkanes of at least 4 members (excludes halogenated alkanes) is 25. The van der Waals surface area contributed by atoms with Gasteiger partial charge in [-0.25, -0.2) is 4.79 Å². The Morgan fingerprint density at radius 2 is 0.885 bits per heavy atom. The minimum absolute atomic E-state index is 0.185. The Bertz CT molecular complexity index is 1100. The van der Waals surface area contributed by atoms with Crippen LogP contribution in [0.3, 0.4) is 0 Å². The van der Waals surface area contributed by atoms with Crippen LogP contribution in [0, 0.1) is 0 Å². The van der Waals surface area contributed by atoms with Gasteiger partial charge in [-0.05, 0) is 70.6 Å². The van der Waals surface area contributed by atoms with Gasteiger partial charge in [-0.15, -0.1) is 0 Å². The first-order valence-corrected chi connectivity index (χ1v) is 25.2. The molecule has 0 aliphatic heterocycles. The molecule has 0 aromatic heterocycles. The predicted octanol–water partition coefficient (Wildman–Crippen LogP) is 13.8. The standard InChI is InChI=1S/C52H95NO8/c1-6-8-10-12-14-16-18-20-22-23-24-25-26-27-29-30-32-34-36-38-40-42-49(54)59-46-48(47-60-52(51(56)57)58-45-44-53(3,4)5)61-50(55)43-41-39-37-35-33-31-28-21-19-17-15-13-11-9-7-2/h15,17,21,23-24,28,48,52H,6-14,16,18-20,22,25-27,29-47H2,1-5H3/p+1/b17-15-,24-23-,28-21-. The second kappa shape index (κ2) is 44.1. The number of carboxylic acids is 1. The number of likely N-dealkylation sites (N-methyl/N-ethyl adjacent to an activating group) is 1. The van der Waals surface area contributed by atoms with Crippen LogP contribution in [0.15, 0.2) is 36.5 Å². The van der Waals surface area contributed by atoms with Gasteiger partial charge in [0.2, 0.25) is 0 Å². The molecule has 0 fully saturated rings. The zero-order valence-electron chi connectivity index (χ0n) is 40.3. The first kappa shape index (κ1) is 58.5. The quantitative estimate of drug-likeness (QED) is 0.0212. The topological polar surface area (TPSA) is 108 Å². The molecule has 0 radical (unpaired) electrons. The molecule has 356 valence electrons. The Morgan fingerprint density at radius 1 is 0.492 bits per heavy atom. The summed E-state index contributed by atoms with van der Waals surface area (Å²) in [6, 6.07) is 0. The molecule has 9 heteroatoms. The maximum atomic E-state index is 12.8. The smallest absolute Gasteiger partial charge is 0.361 e. The van der Waals surface area contributed by atoms with Crippen LogP contribution in [0.1, 0.15) is 219 Å². The van der Waals surface area contributed by atoms with E-state index in [1.807, 2.05) is 21.1 Å². The summed E-state index contributed by atoms with van der Waals surface area (Å²) in [6.45, 7) is 4.84. The van der Waals surface area contributed by atoms with Crippen LogP contribution in [0.4, 0.5) is 0 Å². The highest BCUT2D eigenvalue weighted by molar-refractivity contribution is 5.71. The molecule has 0 amide bonds. The van der Waals surface area contributed by atoms with Gasteiger partial charge in [-0.2, -0.15) is 0 Å². The number of nitrogens with zero attached hydrogens (tertiary/aromatic N) is 1. The average Bonchev–Trinajstić information content (AvgIpc) is 3.22. The molecular weight excluding hydrogens is 767 g/mol. The Kier molecular flexibility index (Phi) is 42.3. The van der Waals surface area contributed by atoms with Crippen molar-refractivity contribution in [2.75, 3.05) is 47.5 Å². The van der Waals surface area contributed by atoms with Gasteiger partial charge in [-0.1, -0.05) is 172 Å². The highest BCUT2D eigenvalue weighted by Crippen LogP contribution is 2.15. The van der Waals surface area contributed by atoms with Gasteiger partial charge >= 0.3 is 17.9 Å². The van der Waals surface area contributed by atoms with Crippen LogP contribution < -0.4 is 0 Å². The van der Waals surface area contributed by atoms with Gasteiger partial charge in [0.15, 0.2) is 6.10 Å². The van der Waals surface area contributed by atoms with Crippen LogP contribution >= 0.6 is 0 Å². The van der Waals surface area contributed by atoms with Crippen molar-refractivity contribution in [1.82, 2.24) is 0 Å². The van der Waals surface area contributed by atoms with Crippen molar-refractivity contribution in [3.05, 3.63) is 36.5 Å². The minimum atomic E-state index is -1.51. The summed E-state index contributed by atoms with van der Waals surface area (Å²) in [7, 11) is 5.95. The molecule has 0 saturated carbocycles. The molecular formula is C52H96NO8+. The summed E-state index contributed by atoms with van der Waals surface area (Å²) in [5, 5.41) is 9.66. The number of carbonyl (C=O) groups excluding carboxylic acids is 2. The zero-order valence-corrected chi connectivity index (χ0v) is 40.3. The Hall–Kier alpha value is -2.49. The van der Waals surface area contributed by atoms with Gasteiger partial charge in [0, 0.05) is 12.8 Å². The van der Waals surface area contributed by atoms with Crippen molar-refractivity contribution in [3.63, 3.8) is 0 Å². The van der Waals surface area contributed by atoms with E-state index in [4.69, 9.17) is 18.9 Å². The monoisotopic (exact) mass is 863 g/mol. The largest absolute Gasteiger partial charge is 0.477 e. The highest BCUT2D eigenvalue weighted by Gasteiger charge is 2.25. The fourth-order valence-corrected chi connectivity index (χ4v) is 6.92. The third-order valence-corrected chi connectivity index (χ3v) is 10.9. The van der Waals surface area contributed by atoms with E-state index >= 15 is 0 Å². The van der Waals surface area contributed by atoms with Crippen LogP contribution in [0.2, 0.25) is 0 Å². The minimum Gasteiger partial charge on any atom is -0.477 e. The Balaban J connectivity index is 4.34. The number of esters is 2. The predicted molar refractivity (Wildman–Crippen MR) is 254 cm³/mol. The molecule has 2 atom stereocenters. The molecule has 0 aromatic rings. The van der Waals surface area contributed by atoms with Crippen LogP contribution in [-0.4, -0.2) is 87.4 Å². The number of hydrogen-bond acceptors (Lipinski definition) is 7. The molecule has 1 N–H and O–H groups in total. The fraction of sp³-hybridized carbons (Fsp3) is 0.827. The SMILES string of the molecule is CCCCC/C=C\C/C=C\CCCCCCCC(=O)OC(COC(=O)CCCCCCCCCCC/C=C\CCCCCCCCCC)COC(OCC[N+](C)(C)C)C(=O)O. The molecule has 0 aromatic carbocycles. The molecule has 0 rings (SSSR count). The van der Waals surface area contributed by atoms with E-state index in [0.717, 1.165) is 57.8 Å². The van der Waals surface area contributed by atoms with Gasteiger partial charge in [0.05, 0.1) is 34.4 Å². The van der Waals surface area contributed by atoms with E-state index < -0.39 is 24.3 Å². The second-order valence-electron chi connectivity index (χ2n) is 18.1. The van der Waals surface area contributed by atoms with Crippen molar-refractivity contribution in [1.29, 1.82) is 0 Å². The normalized spacial score (nSPS) is 13.1. The lowest BCUT2D eigenvalue weighted by atomic mass is 10.1. The first-order valence-electron chi connectivity index (χ1n) is 25.2. The number of ether oxygens (including phenoxy) is 4. The van der Waals surface area contributed by atoms with Gasteiger partial charge in [0.1, 0.15) is 13.2 Å². The summed E-state index contributed by atoms with van der Waals surface area (Å²) >= 11 is 0. The summed E-state index contributed by atoms with van der Waals surface area (Å²) in [6.07, 6.45) is 47.8. The molecule has 0 bridgehead atoms. The summed E-state index contributed by atoms with van der Waals surface area (Å²) in [5.41, 5.74) is 0. The van der Waals surface area contributed by atoms with Crippen molar-refractivity contribution < 1.29 is 42.9 Å². The van der Waals surface area contributed by atoms with Crippen molar-refractivity contribution in [2.45, 2.75) is 232 Å². The molecule has 0 aliphatic carbocycles. The highest BCUT2D eigenvalue weighted by atomic mass is 16.7. The number of rotatable bonds is 46. The number of quaternary nitrogens is 1. The molecule has 2 unspecified atom stereocenters. The number of hydrogen-bond donors (Lipinski definition) is 1. The van der Waals surface area contributed by atoms with E-state index in [0.29, 0.717) is 23.9 Å². The molecule has 61 heavy (non-hydrogen) atoms. The lowest BCUT2D eigenvalue weighted by Gasteiger charge is -2.25. The average molecular weight is 863 g/mol. The van der Waals surface area contributed by atoms with Gasteiger partial charge in [-0.3, -0.25) is 9.59 Å². The molecule has 0 spiro atoms. The summed E-state index contributed by atoms with van der Waals surface area (Å²) in [4.78, 5) is 37.2. The number of aliphatic carboxylic acids is 1. The van der Waals surface area contributed by atoms with E-state index in [1.54, 1.807) is 0 Å². The van der Waals surface area contributed by atoms with E-state index in [2.05, 4.69) is 50.3 Å². The van der Waals surface area contributed by atoms with Crippen molar-refractivity contribution in [2.24, 2.45) is 0 Å². The van der Waals surface area contributed by atoms with Crippen LogP contribution in [0.5, 0.6) is 0 Å². The maximum Gasteiger partial charge on any atom is 0.361 e. The fourth-order valence-electron chi connectivity index (χ4n) is 6.92. The summed E-state index contributed by atoms with van der Waals surface area (Å²) < 4.78 is 22.8. The van der Waals surface area contributed by atoms with Crippen LogP contribution in [0.25, 0.3) is 0 Å². The molecule has 9 nitrogen and oxygen atoms in total. The van der Waals surface area contributed by atoms with Crippen molar-refractivity contribution >= 4 is 17.9 Å². The van der Waals surface area contributed by atoms with E-state index in [9.17, 15) is 19.5 Å².